The lowest BCUT2D eigenvalue weighted by atomic mass is 9.85. The third-order valence-electron chi connectivity index (χ3n) is 4.84. The van der Waals surface area contributed by atoms with Crippen LogP contribution >= 0.6 is 0 Å². The molecule has 0 aromatic heterocycles. The lowest BCUT2D eigenvalue weighted by molar-refractivity contribution is 0.0824. The zero-order valence-electron chi connectivity index (χ0n) is 14.1. The van der Waals surface area contributed by atoms with E-state index in [1.165, 1.54) is 0 Å². The predicted molar refractivity (Wildman–Crippen MR) is 89.8 cm³/mol. The Kier molecular flexibility index (Phi) is 4.37. The number of rotatable bonds is 3. The molecule has 2 aliphatic rings. The van der Waals surface area contributed by atoms with Gasteiger partial charge in [-0.3, -0.25) is 4.79 Å². The maximum Gasteiger partial charge on any atom is 0.177 e. The molecule has 0 spiro atoms. The van der Waals surface area contributed by atoms with Crippen LogP contribution in [0.5, 0.6) is 17.2 Å². The second-order valence-electron chi connectivity index (χ2n) is 6.38. The molecule has 0 bridgehead atoms. The van der Waals surface area contributed by atoms with Gasteiger partial charge >= 0.3 is 0 Å². The molecule has 1 aliphatic heterocycles. The summed E-state index contributed by atoms with van der Waals surface area (Å²) in [5.41, 5.74) is 2.06. The molecule has 1 aliphatic carbocycles. The van der Waals surface area contributed by atoms with E-state index in [1.807, 2.05) is 12.2 Å². The lowest BCUT2D eigenvalue weighted by Gasteiger charge is -2.28. The zero-order valence-corrected chi connectivity index (χ0v) is 14.1. The first kappa shape index (κ1) is 16.6. The first-order valence-corrected chi connectivity index (χ1v) is 8.06. The second-order valence-corrected chi connectivity index (χ2v) is 6.38. The molecule has 0 fully saturated rings. The Bertz CT molecular complexity index is 745. The van der Waals surface area contributed by atoms with E-state index >= 15 is 0 Å². The molecule has 5 nitrogen and oxygen atoms in total. The molecule has 3 rings (SSSR count). The Morgan fingerprint density at radius 1 is 1.25 bits per heavy atom. The van der Waals surface area contributed by atoms with Gasteiger partial charge in [-0.1, -0.05) is 23.8 Å². The molecule has 128 valence electrons. The van der Waals surface area contributed by atoms with Crippen LogP contribution in [-0.2, 0) is 4.74 Å². The Hall–Kier alpha value is -2.27. The maximum absolute atomic E-state index is 12.8. The van der Waals surface area contributed by atoms with Crippen molar-refractivity contribution in [3.05, 3.63) is 40.5 Å². The van der Waals surface area contributed by atoms with E-state index in [0.29, 0.717) is 23.3 Å². The zero-order chi connectivity index (χ0) is 17.4. The lowest BCUT2D eigenvalue weighted by Crippen LogP contribution is -2.29. The van der Waals surface area contributed by atoms with Gasteiger partial charge in [0, 0.05) is 18.2 Å². The summed E-state index contributed by atoms with van der Waals surface area (Å²) in [4.78, 5) is 12.8. The van der Waals surface area contributed by atoms with Crippen molar-refractivity contribution in [1.29, 1.82) is 0 Å². The molecule has 1 aromatic carbocycles. The fourth-order valence-corrected chi connectivity index (χ4v) is 3.26. The van der Waals surface area contributed by atoms with Crippen LogP contribution in [0.3, 0.4) is 0 Å². The molecule has 24 heavy (non-hydrogen) atoms. The topological polar surface area (TPSA) is 76.0 Å². The van der Waals surface area contributed by atoms with E-state index in [0.717, 1.165) is 12.0 Å². The third kappa shape index (κ3) is 2.69. The van der Waals surface area contributed by atoms with Gasteiger partial charge in [-0.15, -0.1) is 0 Å². The summed E-state index contributed by atoms with van der Waals surface area (Å²) < 4.78 is 11.0. The first-order chi connectivity index (χ1) is 11.4. The summed E-state index contributed by atoms with van der Waals surface area (Å²) in [7, 11) is 1.67. The molecule has 2 N–H and O–H groups in total. The van der Waals surface area contributed by atoms with Crippen molar-refractivity contribution in [1.82, 2.24) is 0 Å². The van der Waals surface area contributed by atoms with E-state index in [1.54, 1.807) is 21.0 Å². The molecular weight excluding hydrogens is 308 g/mol. The Balaban J connectivity index is 1.86. The van der Waals surface area contributed by atoms with Gasteiger partial charge in [0.2, 0.25) is 0 Å². The summed E-state index contributed by atoms with van der Waals surface area (Å²) in [6, 6.07) is 0. The van der Waals surface area contributed by atoms with E-state index in [9.17, 15) is 15.0 Å². The van der Waals surface area contributed by atoms with Crippen molar-refractivity contribution in [2.24, 2.45) is 5.92 Å². The van der Waals surface area contributed by atoms with E-state index in [-0.39, 0.29) is 41.5 Å². The third-order valence-corrected chi connectivity index (χ3v) is 4.84. The summed E-state index contributed by atoms with van der Waals surface area (Å²) in [5.74, 6) is -0.397. The Morgan fingerprint density at radius 3 is 2.62 bits per heavy atom. The average Bonchev–Trinajstić information content (AvgIpc) is 2.60. The summed E-state index contributed by atoms with van der Waals surface area (Å²) in [5, 5.41) is 20.3. The average molecular weight is 330 g/mol. The van der Waals surface area contributed by atoms with Crippen molar-refractivity contribution in [2.75, 3.05) is 13.7 Å². The number of Topliss-reactive ketones (excluding diaryl/α,β-unsaturated/α-hetero) is 1. The summed E-state index contributed by atoms with van der Waals surface area (Å²) in [6.07, 6.45) is 7.48. The number of hydrogen-bond acceptors (Lipinski definition) is 5. The standard InChI is InChI=1S/C19H22O5/c1-10-16(20)11(2)19-15(17(10)21)18(22)13(9-24-19)8-12-4-6-14(23-3)7-5-12/h4-6,13-14,20-21H,7-9H2,1-3H3. The SMILES string of the molecule is COC1C=CC(CC2COc3c(C)c(O)c(C)c(O)c3C2=O)=CC1. The molecule has 0 saturated heterocycles. The number of hydrogen-bond donors (Lipinski definition) is 2. The van der Waals surface area contributed by atoms with E-state index < -0.39 is 0 Å². The first-order valence-electron chi connectivity index (χ1n) is 8.06. The number of phenols is 2. The van der Waals surface area contributed by atoms with Gasteiger partial charge in [-0.2, -0.15) is 0 Å². The van der Waals surface area contributed by atoms with E-state index in [2.05, 4.69) is 6.08 Å². The van der Waals surface area contributed by atoms with Gasteiger partial charge < -0.3 is 19.7 Å². The van der Waals surface area contributed by atoms with Crippen molar-refractivity contribution in [3.8, 4) is 17.2 Å². The van der Waals surface area contributed by atoms with Gasteiger partial charge in [0.15, 0.2) is 5.78 Å². The molecule has 1 aromatic rings. The van der Waals surface area contributed by atoms with Crippen LogP contribution in [0.25, 0.3) is 0 Å². The highest BCUT2D eigenvalue weighted by molar-refractivity contribution is 6.05. The Labute approximate surface area is 141 Å². The number of fused-ring (bicyclic) bond motifs is 1. The number of carbonyl (C=O) groups is 1. The van der Waals surface area contributed by atoms with Crippen LogP contribution in [-0.4, -0.2) is 35.8 Å². The molecule has 0 amide bonds. The van der Waals surface area contributed by atoms with Crippen LogP contribution in [0, 0.1) is 19.8 Å². The van der Waals surface area contributed by atoms with Gasteiger partial charge in [-0.05, 0) is 26.7 Å². The minimum absolute atomic E-state index is 0.0268. The maximum atomic E-state index is 12.8. The number of ketones is 1. The fourth-order valence-electron chi connectivity index (χ4n) is 3.26. The smallest absolute Gasteiger partial charge is 0.177 e. The minimum Gasteiger partial charge on any atom is -0.507 e. The summed E-state index contributed by atoms with van der Waals surface area (Å²) >= 11 is 0. The number of aromatic hydroxyl groups is 2. The number of methoxy groups -OCH3 is 1. The molecule has 0 saturated carbocycles. The van der Waals surface area contributed by atoms with E-state index in [4.69, 9.17) is 9.47 Å². The second kappa shape index (κ2) is 6.32. The quantitative estimate of drug-likeness (QED) is 0.890. The van der Waals surface area contributed by atoms with Crippen molar-refractivity contribution >= 4 is 5.78 Å². The molecular formula is C19H22O5. The fraction of sp³-hybridized carbons (Fsp3) is 0.421. The number of allylic oxidation sites excluding steroid dienone is 2. The monoisotopic (exact) mass is 330 g/mol. The van der Waals surface area contributed by atoms with Crippen LogP contribution in [0.2, 0.25) is 0 Å². The number of benzene rings is 1. The van der Waals surface area contributed by atoms with Gasteiger partial charge in [-0.25, -0.2) is 0 Å². The molecule has 0 radical (unpaired) electrons. The van der Waals surface area contributed by atoms with Crippen LogP contribution in [0.15, 0.2) is 23.8 Å². The number of phenolic OH excluding ortho intramolecular Hbond substituents is 2. The molecule has 2 atom stereocenters. The highest BCUT2D eigenvalue weighted by atomic mass is 16.5. The number of carbonyl (C=O) groups excluding carboxylic acids is 1. The molecule has 5 heteroatoms. The van der Waals surface area contributed by atoms with Crippen LogP contribution in [0.1, 0.15) is 34.3 Å². The highest BCUT2D eigenvalue weighted by Gasteiger charge is 2.35. The molecule has 1 heterocycles. The van der Waals surface area contributed by atoms with Gasteiger partial charge in [0.1, 0.15) is 22.8 Å². The normalized spacial score (nSPS) is 22.8. The highest BCUT2D eigenvalue weighted by Crippen LogP contribution is 2.45. The number of ether oxygens (including phenoxy) is 2. The largest absolute Gasteiger partial charge is 0.507 e. The predicted octanol–water partition coefficient (Wildman–Crippen LogP) is 3.20. The van der Waals surface area contributed by atoms with Crippen LogP contribution in [0.4, 0.5) is 0 Å². The van der Waals surface area contributed by atoms with Gasteiger partial charge in [0.05, 0.1) is 18.6 Å². The van der Waals surface area contributed by atoms with Crippen molar-refractivity contribution in [3.63, 3.8) is 0 Å². The minimum atomic E-state index is -0.346. The van der Waals surface area contributed by atoms with Crippen molar-refractivity contribution in [2.45, 2.75) is 32.8 Å². The van der Waals surface area contributed by atoms with Crippen molar-refractivity contribution < 1.29 is 24.5 Å². The summed E-state index contributed by atoms with van der Waals surface area (Å²) in [6.45, 7) is 3.52. The Morgan fingerprint density at radius 2 is 2.00 bits per heavy atom. The van der Waals surface area contributed by atoms with Crippen LogP contribution < -0.4 is 4.74 Å². The molecule has 2 unspecified atom stereocenters. The van der Waals surface area contributed by atoms with Gasteiger partial charge in [0.25, 0.3) is 0 Å².